The Morgan fingerprint density at radius 2 is 2.25 bits per heavy atom. The van der Waals surface area contributed by atoms with Crippen molar-refractivity contribution >= 4 is 5.97 Å². The molecule has 0 aromatic carbocycles. The van der Waals surface area contributed by atoms with Gasteiger partial charge in [-0.25, -0.2) is 4.79 Å². The average Bonchev–Trinajstić information content (AvgIpc) is 2.64. The molecule has 2 rings (SSSR count). The lowest BCUT2D eigenvalue weighted by atomic mass is 10.0. The maximum Gasteiger partial charge on any atom is 0.341 e. The molecule has 0 N–H and O–H groups in total. The van der Waals surface area contributed by atoms with Gasteiger partial charge in [-0.15, -0.1) is 0 Å². The first-order valence-corrected chi connectivity index (χ1v) is 7.52. The molecule has 2 heterocycles. The molecule has 1 fully saturated rings. The highest BCUT2D eigenvalue weighted by Gasteiger charge is 2.21. The first-order chi connectivity index (χ1) is 9.61. The van der Waals surface area contributed by atoms with Gasteiger partial charge in [0.1, 0.15) is 5.56 Å². The van der Waals surface area contributed by atoms with Gasteiger partial charge in [0.15, 0.2) is 0 Å². The van der Waals surface area contributed by atoms with Gasteiger partial charge in [-0.3, -0.25) is 9.58 Å². The number of aryl methyl sites for hydroxylation is 1. The van der Waals surface area contributed by atoms with E-state index >= 15 is 0 Å². The summed E-state index contributed by atoms with van der Waals surface area (Å²) >= 11 is 0. The van der Waals surface area contributed by atoms with E-state index in [9.17, 15) is 4.79 Å². The molecule has 1 saturated heterocycles. The maximum absolute atomic E-state index is 11.9. The summed E-state index contributed by atoms with van der Waals surface area (Å²) in [6.07, 6.45) is 5.38. The van der Waals surface area contributed by atoms with E-state index in [0.29, 0.717) is 12.2 Å². The summed E-state index contributed by atoms with van der Waals surface area (Å²) < 4.78 is 6.89. The normalized spacial score (nSPS) is 20.6. The molecule has 1 aliphatic heterocycles. The smallest absolute Gasteiger partial charge is 0.341 e. The second-order valence-electron chi connectivity index (χ2n) is 5.66. The largest absolute Gasteiger partial charge is 0.462 e. The number of esters is 1. The van der Waals surface area contributed by atoms with Crippen LogP contribution in [0, 0.1) is 5.92 Å². The zero-order valence-corrected chi connectivity index (χ0v) is 12.8. The third-order valence-electron chi connectivity index (χ3n) is 4.04. The van der Waals surface area contributed by atoms with Crippen LogP contribution in [0.25, 0.3) is 0 Å². The number of hydrogen-bond acceptors (Lipinski definition) is 4. The van der Waals surface area contributed by atoms with Crippen molar-refractivity contribution in [1.82, 2.24) is 14.7 Å². The SMILES string of the molecule is CCOC(=O)c1cnn(C)c1CN1CCCC(C)CC1. The fraction of sp³-hybridized carbons (Fsp3) is 0.733. The lowest BCUT2D eigenvalue weighted by molar-refractivity contribution is 0.0523. The van der Waals surface area contributed by atoms with Gasteiger partial charge >= 0.3 is 5.97 Å². The van der Waals surface area contributed by atoms with Gasteiger partial charge in [-0.05, 0) is 45.2 Å². The van der Waals surface area contributed by atoms with Gasteiger partial charge in [0.2, 0.25) is 0 Å². The molecule has 0 amide bonds. The van der Waals surface area contributed by atoms with Crippen LogP contribution in [0.5, 0.6) is 0 Å². The van der Waals surface area contributed by atoms with Gasteiger partial charge in [0, 0.05) is 13.6 Å². The topological polar surface area (TPSA) is 47.4 Å². The summed E-state index contributed by atoms with van der Waals surface area (Å²) in [7, 11) is 1.89. The fourth-order valence-corrected chi connectivity index (χ4v) is 2.72. The van der Waals surface area contributed by atoms with Crippen molar-refractivity contribution < 1.29 is 9.53 Å². The van der Waals surface area contributed by atoms with Crippen LogP contribution < -0.4 is 0 Å². The third kappa shape index (κ3) is 3.60. The molecule has 1 unspecified atom stereocenters. The quantitative estimate of drug-likeness (QED) is 0.793. The van der Waals surface area contributed by atoms with Crippen molar-refractivity contribution in [3.63, 3.8) is 0 Å². The Morgan fingerprint density at radius 3 is 3.00 bits per heavy atom. The Hall–Kier alpha value is -1.36. The summed E-state index contributed by atoms with van der Waals surface area (Å²) in [6.45, 7) is 7.50. The predicted molar refractivity (Wildman–Crippen MR) is 77.5 cm³/mol. The highest BCUT2D eigenvalue weighted by Crippen LogP contribution is 2.19. The lowest BCUT2D eigenvalue weighted by Crippen LogP contribution is -2.26. The van der Waals surface area contributed by atoms with Crippen LogP contribution >= 0.6 is 0 Å². The molecule has 112 valence electrons. The van der Waals surface area contributed by atoms with E-state index in [2.05, 4.69) is 16.9 Å². The van der Waals surface area contributed by atoms with E-state index in [0.717, 1.165) is 31.2 Å². The maximum atomic E-state index is 11.9. The van der Waals surface area contributed by atoms with Crippen LogP contribution in [0.2, 0.25) is 0 Å². The molecule has 1 atom stereocenters. The second-order valence-corrected chi connectivity index (χ2v) is 5.66. The van der Waals surface area contributed by atoms with Crippen LogP contribution in [0.3, 0.4) is 0 Å². The highest BCUT2D eigenvalue weighted by molar-refractivity contribution is 5.90. The number of hydrogen-bond donors (Lipinski definition) is 0. The van der Waals surface area contributed by atoms with Gasteiger partial charge < -0.3 is 4.74 Å². The van der Waals surface area contributed by atoms with Crippen molar-refractivity contribution in [2.75, 3.05) is 19.7 Å². The van der Waals surface area contributed by atoms with Crippen molar-refractivity contribution in [1.29, 1.82) is 0 Å². The van der Waals surface area contributed by atoms with E-state index < -0.39 is 0 Å². The molecule has 5 nitrogen and oxygen atoms in total. The molecule has 0 spiro atoms. The monoisotopic (exact) mass is 279 g/mol. The Bertz CT molecular complexity index is 456. The van der Waals surface area contributed by atoms with E-state index in [4.69, 9.17) is 4.74 Å². The number of ether oxygens (including phenoxy) is 1. The molecule has 0 aliphatic carbocycles. The molecular formula is C15H25N3O2. The van der Waals surface area contributed by atoms with E-state index in [1.54, 1.807) is 10.9 Å². The Kier molecular flexibility index (Phi) is 5.17. The van der Waals surface area contributed by atoms with Crippen LogP contribution in [0.15, 0.2) is 6.20 Å². The van der Waals surface area contributed by atoms with Gasteiger partial charge in [0.05, 0.1) is 18.5 Å². The number of rotatable bonds is 4. The lowest BCUT2D eigenvalue weighted by Gasteiger charge is -2.20. The molecule has 1 aromatic rings. The minimum Gasteiger partial charge on any atom is -0.462 e. The number of likely N-dealkylation sites (tertiary alicyclic amines) is 1. The number of carbonyl (C=O) groups is 1. The summed E-state index contributed by atoms with van der Waals surface area (Å²) in [4.78, 5) is 14.4. The second kappa shape index (κ2) is 6.88. The van der Waals surface area contributed by atoms with Gasteiger partial charge in [0.25, 0.3) is 0 Å². The standard InChI is InChI=1S/C15H25N3O2/c1-4-20-15(19)13-10-16-17(3)14(13)11-18-8-5-6-12(2)7-9-18/h10,12H,4-9,11H2,1-3H3. The minimum atomic E-state index is -0.265. The molecule has 1 aliphatic rings. The molecular weight excluding hydrogens is 254 g/mol. The number of nitrogens with zero attached hydrogens (tertiary/aromatic N) is 3. The molecule has 0 bridgehead atoms. The van der Waals surface area contributed by atoms with Crippen LogP contribution in [-0.4, -0.2) is 40.3 Å². The minimum absolute atomic E-state index is 0.265. The van der Waals surface area contributed by atoms with Crippen LogP contribution in [0.4, 0.5) is 0 Å². The number of carbonyl (C=O) groups excluding carboxylic acids is 1. The zero-order valence-electron chi connectivity index (χ0n) is 12.8. The van der Waals surface area contributed by atoms with Gasteiger partial charge in [-0.2, -0.15) is 5.10 Å². The predicted octanol–water partition coefficient (Wildman–Crippen LogP) is 2.22. The Labute approximate surface area is 120 Å². The van der Waals surface area contributed by atoms with Crippen molar-refractivity contribution in [3.8, 4) is 0 Å². The molecule has 1 aromatic heterocycles. The summed E-state index contributed by atoms with van der Waals surface area (Å²) in [5.41, 5.74) is 1.56. The summed E-state index contributed by atoms with van der Waals surface area (Å²) in [6, 6.07) is 0. The van der Waals surface area contributed by atoms with Crippen molar-refractivity contribution in [3.05, 3.63) is 17.5 Å². The van der Waals surface area contributed by atoms with Crippen LogP contribution in [-0.2, 0) is 18.3 Å². The van der Waals surface area contributed by atoms with E-state index in [1.807, 2.05) is 14.0 Å². The average molecular weight is 279 g/mol. The van der Waals surface area contributed by atoms with Crippen molar-refractivity contribution in [2.24, 2.45) is 13.0 Å². The molecule has 5 heteroatoms. The first kappa shape index (κ1) is 15.0. The van der Waals surface area contributed by atoms with E-state index in [1.165, 1.54) is 19.3 Å². The summed E-state index contributed by atoms with van der Waals surface area (Å²) in [5, 5.41) is 4.21. The van der Waals surface area contributed by atoms with Crippen molar-refractivity contribution in [2.45, 2.75) is 39.7 Å². The summed E-state index contributed by atoms with van der Waals surface area (Å²) in [5.74, 6) is 0.537. The molecule has 20 heavy (non-hydrogen) atoms. The van der Waals surface area contributed by atoms with Gasteiger partial charge in [-0.1, -0.05) is 6.92 Å². The Balaban J connectivity index is 2.08. The number of aromatic nitrogens is 2. The fourth-order valence-electron chi connectivity index (χ4n) is 2.72. The Morgan fingerprint density at radius 1 is 1.45 bits per heavy atom. The van der Waals surface area contributed by atoms with Crippen LogP contribution in [0.1, 0.15) is 49.2 Å². The highest BCUT2D eigenvalue weighted by atomic mass is 16.5. The molecule has 0 radical (unpaired) electrons. The molecule has 0 saturated carbocycles. The zero-order chi connectivity index (χ0) is 14.5. The van der Waals surface area contributed by atoms with E-state index in [-0.39, 0.29) is 5.97 Å². The third-order valence-corrected chi connectivity index (χ3v) is 4.04. The first-order valence-electron chi connectivity index (χ1n) is 7.52.